The molecule has 4 heteroatoms. The van der Waals surface area contributed by atoms with Gasteiger partial charge in [0.15, 0.2) is 5.78 Å². The number of nitrogens with zero attached hydrogens (tertiary/aromatic N) is 2. The predicted molar refractivity (Wildman–Crippen MR) is 106 cm³/mol. The molecule has 0 radical (unpaired) electrons. The molecular formula is C23H26N2O2. The average molecular weight is 362 g/mol. The number of carbonyl (C=O) groups is 1. The number of carbonyl (C=O) groups excluding carboxylic acids is 1. The molecule has 2 aromatic carbocycles. The maximum Gasteiger partial charge on any atom is 0.167 e. The van der Waals surface area contributed by atoms with E-state index in [1.54, 1.807) is 7.11 Å². The van der Waals surface area contributed by atoms with Crippen LogP contribution < -0.4 is 4.74 Å². The van der Waals surface area contributed by atoms with Crippen LogP contribution in [0.1, 0.15) is 48.0 Å². The molecule has 4 rings (SSSR count). The molecule has 2 aromatic rings. The molecule has 0 N–H and O–H groups in total. The van der Waals surface area contributed by atoms with Gasteiger partial charge in [0.25, 0.3) is 0 Å². The monoisotopic (exact) mass is 362 g/mol. The molecule has 1 aliphatic carbocycles. The number of likely N-dealkylation sites (tertiary alicyclic amines) is 1. The maximum absolute atomic E-state index is 13.1. The molecule has 1 heterocycles. The van der Waals surface area contributed by atoms with Crippen LogP contribution in [-0.2, 0) is 6.42 Å². The summed E-state index contributed by atoms with van der Waals surface area (Å²) >= 11 is 0. The van der Waals surface area contributed by atoms with E-state index in [2.05, 4.69) is 11.0 Å². The van der Waals surface area contributed by atoms with E-state index >= 15 is 0 Å². The summed E-state index contributed by atoms with van der Waals surface area (Å²) in [6.45, 7) is 2.05. The van der Waals surface area contributed by atoms with Gasteiger partial charge in [0.1, 0.15) is 5.75 Å². The molecule has 0 bridgehead atoms. The molecule has 0 unspecified atom stereocenters. The number of piperidine rings is 1. The summed E-state index contributed by atoms with van der Waals surface area (Å²) in [6, 6.07) is 12.7. The van der Waals surface area contributed by atoms with Crippen molar-refractivity contribution >= 4 is 16.6 Å². The number of methoxy groups -OCH3 is 1. The van der Waals surface area contributed by atoms with Crippen molar-refractivity contribution in [2.75, 3.05) is 20.2 Å². The molecule has 2 fully saturated rings. The number of hydrogen-bond donors (Lipinski definition) is 0. The van der Waals surface area contributed by atoms with Crippen molar-refractivity contribution in [1.29, 1.82) is 5.26 Å². The summed E-state index contributed by atoms with van der Waals surface area (Å²) in [5.74, 6) is 1.10. The Hall–Kier alpha value is -2.38. The minimum atomic E-state index is 0.105. The Morgan fingerprint density at radius 1 is 1.22 bits per heavy atom. The van der Waals surface area contributed by atoms with E-state index in [1.165, 1.54) is 19.3 Å². The highest BCUT2D eigenvalue weighted by molar-refractivity contribution is 6.02. The summed E-state index contributed by atoms with van der Waals surface area (Å²) in [5.41, 5.74) is 1.68. The van der Waals surface area contributed by atoms with Gasteiger partial charge in [-0.3, -0.25) is 9.69 Å². The van der Waals surface area contributed by atoms with E-state index in [-0.39, 0.29) is 11.7 Å². The molecule has 2 aliphatic rings. The van der Waals surface area contributed by atoms with Crippen LogP contribution in [-0.4, -0.2) is 36.9 Å². The minimum absolute atomic E-state index is 0.105. The van der Waals surface area contributed by atoms with Crippen LogP contribution in [0.25, 0.3) is 10.8 Å². The van der Waals surface area contributed by atoms with Gasteiger partial charge in [-0.05, 0) is 55.1 Å². The first-order valence-corrected chi connectivity index (χ1v) is 9.96. The first-order valence-electron chi connectivity index (χ1n) is 9.96. The van der Waals surface area contributed by atoms with Crippen molar-refractivity contribution in [2.24, 2.45) is 5.92 Å². The van der Waals surface area contributed by atoms with Gasteiger partial charge in [0.2, 0.25) is 0 Å². The topological polar surface area (TPSA) is 53.3 Å². The smallest absolute Gasteiger partial charge is 0.167 e. The van der Waals surface area contributed by atoms with Crippen LogP contribution in [0, 0.1) is 17.2 Å². The number of nitriles is 1. The van der Waals surface area contributed by atoms with Crippen molar-refractivity contribution in [1.82, 2.24) is 4.90 Å². The minimum Gasteiger partial charge on any atom is -0.496 e. The van der Waals surface area contributed by atoms with Crippen LogP contribution in [0.15, 0.2) is 30.3 Å². The van der Waals surface area contributed by atoms with E-state index in [4.69, 9.17) is 10.00 Å². The molecular weight excluding hydrogens is 336 g/mol. The van der Waals surface area contributed by atoms with Crippen molar-refractivity contribution in [3.8, 4) is 11.8 Å². The number of hydrogen-bond acceptors (Lipinski definition) is 4. The summed E-state index contributed by atoms with van der Waals surface area (Å²) in [4.78, 5) is 15.7. The number of benzene rings is 2. The average Bonchev–Trinajstić information content (AvgIpc) is 2.66. The number of ketones is 1. The lowest BCUT2D eigenvalue weighted by molar-refractivity contribution is 0.0612. The van der Waals surface area contributed by atoms with Gasteiger partial charge in [-0.2, -0.15) is 5.26 Å². The van der Waals surface area contributed by atoms with E-state index in [0.717, 1.165) is 53.6 Å². The van der Waals surface area contributed by atoms with Gasteiger partial charge in [-0.15, -0.1) is 0 Å². The Bertz CT molecular complexity index is 895. The molecule has 1 saturated heterocycles. The Labute approximate surface area is 160 Å². The summed E-state index contributed by atoms with van der Waals surface area (Å²) in [5, 5.41) is 11.1. The third kappa shape index (κ3) is 3.44. The Balaban J connectivity index is 1.59. The van der Waals surface area contributed by atoms with Gasteiger partial charge in [0, 0.05) is 29.6 Å². The SMILES string of the molecule is COc1ccc2cc(C(=O)[C@@H]3CCCN(C4CCC4)C3)ccc2c1CC#N. The largest absolute Gasteiger partial charge is 0.496 e. The van der Waals surface area contributed by atoms with Gasteiger partial charge in [0.05, 0.1) is 19.6 Å². The highest BCUT2D eigenvalue weighted by Crippen LogP contribution is 2.32. The third-order valence-corrected chi connectivity index (χ3v) is 6.26. The molecule has 0 amide bonds. The van der Waals surface area contributed by atoms with Crippen LogP contribution in [0.3, 0.4) is 0 Å². The zero-order valence-electron chi connectivity index (χ0n) is 15.9. The first-order chi connectivity index (χ1) is 13.2. The Morgan fingerprint density at radius 3 is 2.78 bits per heavy atom. The lowest BCUT2D eigenvalue weighted by Crippen LogP contribution is -2.47. The Kier molecular flexibility index (Phi) is 5.13. The standard InChI is InChI=1S/C23H26N2O2/c1-27-22-10-8-16-14-17(7-9-20(16)21(22)11-12-24)23(26)18-4-3-13-25(15-18)19-5-2-6-19/h7-10,14,18-19H,2-6,11,13,15H2,1H3/t18-/m1/s1. The normalized spacial score (nSPS) is 20.8. The van der Waals surface area contributed by atoms with E-state index in [0.29, 0.717) is 12.5 Å². The summed E-state index contributed by atoms with van der Waals surface area (Å²) in [6.07, 6.45) is 6.32. The number of ether oxygens (including phenoxy) is 1. The van der Waals surface area contributed by atoms with E-state index in [1.807, 2.05) is 30.3 Å². The second-order valence-corrected chi connectivity index (χ2v) is 7.80. The zero-order valence-corrected chi connectivity index (χ0v) is 15.9. The molecule has 140 valence electrons. The molecule has 0 spiro atoms. The summed E-state index contributed by atoms with van der Waals surface area (Å²) in [7, 11) is 1.62. The van der Waals surface area contributed by atoms with Crippen molar-refractivity contribution in [3.05, 3.63) is 41.5 Å². The van der Waals surface area contributed by atoms with Crippen molar-refractivity contribution in [3.63, 3.8) is 0 Å². The van der Waals surface area contributed by atoms with Gasteiger partial charge < -0.3 is 4.74 Å². The van der Waals surface area contributed by atoms with Gasteiger partial charge in [-0.1, -0.05) is 24.6 Å². The Morgan fingerprint density at radius 2 is 2.07 bits per heavy atom. The van der Waals surface area contributed by atoms with Crippen LogP contribution >= 0.6 is 0 Å². The van der Waals surface area contributed by atoms with Gasteiger partial charge in [-0.25, -0.2) is 0 Å². The zero-order chi connectivity index (χ0) is 18.8. The predicted octanol–water partition coefficient (Wildman–Crippen LogP) is 4.36. The van der Waals surface area contributed by atoms with Gasteiger partial charge >= 0.3 is 0 Å². The second-order valence-electron chi connectivity index (χ2n) is 7.80. The fourth-order valence-electron chi connectivity index (χ4n) is 4.52. The van der Waals surface area contributed by atoms with Crippen LogP contribution in [0.4, 0.5) is 0 Å². The van der Waals surface area contributed by atoms with Crippen molar-refractivity contribution < 1.29 is 9.53 Å². The fraction of sp³-hybridized carbons (Fsp3) is 0.478. The highest BCUT2D eigenvalue weighted by Gasteiger charge is 2.32. The lowest BCUT2D eigenvalue weighted by atomic mass is 9.85. The third-order valence-electron chi connectivity index (χ3n) is 6.26. The van der Waals surface area contributed by atoms with Crippen molar-refractivity contribution in [2.45, 2.75) is 44.6 Å². The maximum atomic E-state index is 13.1. The molecule has 27 heavy (non-hydrogen) atoms. The molecule has 1 saturated carbocycles. The van der Waals surface area contributed by atoms with Crippen LogP contribution in [0.2, 0.25) is 0 Å². The first kappa shape index (κ1) is 18.0. The lowest BCUT2D eigenvalue weighted by Gasteiger charge is -2.42. The number of rotatable bonds is 5. The molecule has 0 aromatic heterocycles. The second kappa shape index (κ2) is 7.70. The quantitative estimate of drug-likeness (QED) is 0.742. The van der Waals surface area contributed by atoms with Crippen LogP contribution in [0.5, 0.6) is 5.75 Å². The summed E-state index contributed by atoms with van der Waals surface area (Å²) < 4.78 is 5.41. The highest BCUT2D eigenvalue weighted by atomic mass is 16.5. The number of Topliss-reactive ketones (excluding diaryl/α,β-unsaturated/α-hetero) is 1. The number of fused-ring (bicyclic) bond motifs is 1. The van der Waals surface area contributed by atoms with E-state index in [9.17, 15) is 4.79 Å². The molecule has 1 aliphatic heterocycles. The fourth-order valence-corrected chi connectivity index (χ4v) is 4.52. The van der Waals surface area contributed by atoms with E-state index < -0.39 is 0 Å². The molecule has 1 atom stereocenters. The molecule has 4 nitrogen and oxygen atoms in total.